The van der Waals surface area contributed by atoms with Crippen LogP contribution in [0.25, 0.3) is 5.69 Å². The van der Waals surface area contributed by atoms with Crippen molar-refractivity contribution in [3.05, 3.63) is 60.2 Å². The second-order valence-electron chi connectivity index (χ2n) is 8.40. The summed E-state index contributed by atoms with van der Waals surface area (Å²) in [6, 6.07) is 13.6. The molecule has 0 radical (unpaired) electrons. The highest BCUT2D eigenvalue weighted by molar-refractivity contribution is 8.00. The fourth-order valence-electron chi connectivity index (χ4n) is 4.06. The largest absolute Gasteiger partial charge is 0.497 e. The van der Waals surface area contributed by atoms with Crippen LogP contribution in [-0.4, -0.2) is 51.0 Å². The number of benzene rings is 2. The molecule has 1 fully saturated rings. The van der Waals surface area contributed by atoms with Crippen LogP contribution in [0.4, 0.5) is 10.1 Å². The molecule has 1 aromatic heterocycles. The van der Waals surface area contributed by atoms with Crippen LogP contribution >= 0.6 is 11.8 Å². The van der Waals surface area contributed by atoms with E-state index in [4.69, 9.17) is 4.74 Å². The number of thioether (sulfide) groups is 1. The van der Waals surface area contributed by atoms with Crippen LogP contribution < -0.4 is 10.1 Å². The molecular formula is C25H30FN5O2S. The number of nitrogens with one attached hydrogen (secondary N) is 1. The van der Waals surface area contributed by atoms with Crippen molar-refractivity contribution >= 4 is 23.4 Å². The molecular weight excluding hydrogens is 453 g/mol. The van der Waals surface area contributed by atoms with Gasteiger partial charge in [0.2, 0.25) is 5.91 Å². The number of carbonyl (C=O) groups is 1. The highest BCUT2D eigenvalue weighted by Crippen LogP contribution is 2.32. The maximum Gasteiger partial charge on any atom is 0.237 e. The number of ether oxygens (including phenoxy) is 1. The summed E-state index contributed by atoms with van der Waals surface area (Å²) >= 11 is 1.34. The first kappa shape index (κ1) is 24.2. The Morgan fingerprint density at radius 3 is 2.35 bits per heavy atom. The molecule has 1 N–H and O–H groups in total. The van der Waals surface area contributed by atoms with Gasteiger partial charge in [-0.15, -0.1) is 10.2 Å². The van der Waals surface area contributed by atoms with Crippen LogP contribution in [0.15, 0.2) is 53.7 Å². The smallest absolute Gasteiger partial charge is 0.237 e. The number of anilines is 1. The molecule has 2 atom stereocenters. The monoisotopic (exact) mass is 483 g/mol. The number of likely N-dealkylation sites (tertiary alicyclic amines) is 1. The molecule has 0 saturated carbocycles. The molecule has 1 saturated heterocycles. The Bertz CT molecular complexity index is 1100. The summed E-state index contributed by atoms with van der Waals surface area (Å²) in [5.41, 5.74) is 1.47. The Hall–Kier alpha value is -2.91. The van der Waals surface area contributed by atoms with Gasteiger partial charge in [0.1, 0.15) is 11.6 Å². The summed E-state index contributed by atoms with van der Waals surface area (Å²) < 4.78 is 20.5. The molecule has 1 amide bonds. The van der Waals surface area contributed by atoms with Crippen LogP contribution in [-0.2, 0) is 4.79 Å². The zero-order valence-electron chi connectivity index (χ0n) is 19.7. The SMILES string of the molecule is COc1ccc(-n2c(S[C@H](C)C(=O)Nc3ccc(F)cc3)nnc2[C@@H](C)N2CCCCC2)cc1. The summed E-state index contributed by atoms with van der Waals surface area (Å²) in [6.07, 6.45) is 3.63. The molecule has 1 aliphatic heterocycles. The van der Waals surface area contributed by atoms with Crippen molar-refractivity contribution in [3.63, 3.8) is 0 Å². The van der Waals surface area contributed by atoms with Crippen molar-refractivity contribution in [3.8, 4) is 11.4 Å². The summed E-state index contributed by atoms with van der Waals surface area (Å²) in [7, 11) is 1.64. The quantitative estimate of drug-likeness (QED) is 0.451. The van der Waals surface area contributed by atoms with E-state index in [1.807, 2.05) is 35.8 Å². The number of hydrogen-bond donors (Lipinski definition) is 1. The van der Waals surface area contributed by atoms with Crippen LogP contribution in [0.3, 0.4) is 0 Å². The van der Waals surface area contributed by atoms with E-state index in [1.54, 1.807) is 19.2 Å². The molecule has 4 rings (SSSR count). The van der Waals surface area contributed by atoms with Crippen LogP contribution in [0.2, 0.25) is 0 Å². The molecule has 0 aliphatic carbocycles. The Labute approximate surface area is 203 Å². The van der Waals surface area contributed by atoms with E-state index < -0.39 is 5.25 Å². The van der Waals surface area contributed by atoms with Gasteiger partial charge in [0.15, 0.2) is 11.0 Å². The lowest BCUT2D eigenvalue weighted by Crippen LogP contribution is -2.33. The lowest BCUT2D eigenvalue weighted by molar-refractivity contribution is -0.115. The standard InChI is InChI=1S/C25H30FN5O2S/c1-17(30-15-5-4-6-16-30)23-28-29-25(31(23)21-11-13-22(33-3)14-12-21)34-18(2)24(32)27-20-9-7-19(26)8-10-20/h7-14,17-18H,4-6,15-16H2,1-3H3,(H,27,32)/t17-,18-/m1/s1. The second kappa shape index (κ2) is 11.0. The highest BCUT2D eigenvalue weighted by atomic mass is 32.2. The molecule has 0 bridgehead atoms. The fraction of sp³-hybridized carbons (Fsp3) is 0.400. The molecule has 9 heteroatoms. The van der Waals surface area contributed by atoms with Crippen molar-refractivity contribution in [2.45, 2.75) is 49.6 Å². The average molecular weight is 484 g/mol. The highest BCUT2D eigenvalue weighted by Gasteiger charge is 2.27. The van der Waals surface area contributed by atoms with Gasteiger partial charge >= 0.3 is 0 Å². The number of halogens is 1. The van der Waals surface area contributed by atoms with E-state index in [0.717, 1.165) is 30.4 Å². The van der Waals surface area contributed by atoms with E-state index in [2.05, 4.69) is 27.3 Å². The normalized spacial score (nSPS) is 16.1. The minimum Gasteiger partial charge on any atom is -0.497 e. The zero-order chi connectivity index (χ0) is 24.1. The molecule has 180 valence electrons. The zero-order valence-corrected chi connectivity index (χ0v) is 20.5. The topological polar surface area (TPSA) is 72.3 Å². The van der Waals surface area contributed by atoms with Gasteiger partial charge in [-0.2, -0.15) is 0 Å². The maximum atomic E-state index is 13.2. The molecule has 0 spiro atoms. The first-order valence-corrected chi connectivity index (χ1v) is 12.4. The minimum atomic E-state index is -0.440. The van der Waals surface area contributed by atoms with Crippen molar-refractivity contribution in [1.29, 1.82) is 0 Å². The van der Waals surface area contributed by atoms with Gasteiger partial charge in [-0.25, -0.2) is 4.39 Å². The van der Waals surface area contributed by atoms with Gasteiger partial charge in [-0.1, -0.05) is 18.2 Å². The third kappa shape index (κ3) is 5.59. The number of piperidine rings is 1. The van der Waals surface area contributed by atoms with E-state index in [-0.39, 0.29) is 17.8 Å². The van der Waals surface area contributed by atoms with E-state index in [1.165, 1.54) is 43.2 Å². The molecule has 1 aliphatic rings. The summed E-state index contributed by atoms with van der Waals surface area (Å²) in [5.74, 6) is 1.08. The Kier molecular flexibility index (Phi) is 7.84. The third-order valence-corrected chi connectivity index (χ3v) is 7.11. The van der Waals surface area contributed by atoms with E-state index in [9.17, 15) is 9.18 Å². The van der Waals surface area contributed by atoms with Gasteiger partial charge < -0.3 is 10.1 Å². The van der Waals surface area contributed by atoms with Gasteiger partial charge in [0, 0.05) is 11.4 Å². The molecule has 34 heavy (non-hydrogen) atoms. The lowest BCUT2D eigenvalue weighted by atomic mass is 10.1. The second-order valence-corrected chi connectivity index (χ2v) is 9.71. The predicted molar refractivity (Wildman–Crippen MR) is 132 cm³/mol. The number of rotatable bonds is 8. The van der Waals surface area contributed by atoms with Gasteiger partial charge in [0.25, 0.3) is 0 Å². The molecule has 3 aromatic rings. The van der Waals surface area contributed by atoms with Crippen LogP contribution in [0.1, 0.15) is 45.0 Å². The van der Waals surface area contributed by atoms with Gasteiger partial charge in [-0.05, 0) is 88.3 Å². The molecule has 2 aromatic carbocycles. The summed E-state index contributed by atoms with van der Waals surface area (Å²) in [6.45, 7) is 6.06. The minimum absolute atomic E-state index is 0.0904. The summed E-state index contributed by atoms with van der Waals surface area (Å²) in [5, 5.41) is 12.1. The number of hydrogen-bond acceptors (Lipinski definition) is 6. The number of aromatic nitrogens is 3. The summed E-state index contributed by atoms with van der Waals surface area (Å²) in [4.78, 5) is 15.3. The van der Waals surface area contributed by atoms with Crippen molar-refractivity contribution in [1.82, 2.24) is 19.7 Å². The van der Waals surface area contributed by atoms with E-state index in [0.29, 0.717) is 10.8 Å². The average Bonchev–Trinajstić information content (AvgIpc) is 3.28. The lowest BCUT2D eigenvalue weighted by Gasteiger charge is -2.32. The van der Waals surface area contributed by atoms with Gasteiger partial charge in [0.05, 0.1) is 18.4 Å². The van der Waals surface area contributed by atoms with Crippen LogP contribution in [0.5, 0.6) is 5.75 Å². The number of nitrogens with zero attached hydrogens (tertiary/aromatic N) is 4. The number of methoxy groups -OCH3 is 1. The van der Waals surface area contributed by atoms with E-state index >= 15 is 0 Å². The molecule has 0 unspecified atom stereocenters. The third-order valence-electron chi connectivity index (χ3n) is 6.06. The first-order valence-electron chi connectivity index (χ1n) is 11.5. The Balaban J connectivity index is 1.59. The first-order chi connectivity index (χ1) is 16.5. The Morgan fingerprint density at radius 2 is 1.71 bits per heavy atom. The van der Waals surface area contributed by atoms with Crippen molar-refractivity contribution in [2.75, 3.05) is 25.5 Å². The van der Waals surface area contributed by atoms with Crippen molar-refractivity contribution < 1.29 is 13.9 Å². The Morgan fingerprint density at radius 1 is 1.03 bits per heavy atom. The van der Waals surface area contributed by atoms with Gasteiger partial charge in [-0.3, -0.25) is 14.3 Å². The number of carbonyl (C=O) groups excluding carboxylic acids is 1. The fourth-order valence-corrected chi connectivity index (χ4v) is 4.93. The van der Waals surface area contributed by atoms with Crippen molar-refractivity contribution in [2.24, 2.45) is 0 Å². The molecule has 2 heterocycles. The predicted octanol–water partition coefficient (Wildman–Crippen LogP) is 5.08. The number of amides is 1. The molecule has 7 nitrogen and oxygen atoms in total. The maximum absolute atomic E-state index is 13.2. The van der Waals surface area contributed by atoms with Crippen LogP contribution in [0, 0.1) is 5.82 Å².